The largest absolute Gasteiger partial charge is 0.496 e. The van der Waals surface area contributed by atoms with E-state index in [0.29, 0.717) is 11.5 Å². The summed E-state index contributed by atoms with van der Waals surface area (Å²) < 4.78 is 38.5. The molecule has 0 fully saturated rings. The van der Waals surface area contributed by atoms with Crippen LogP contribution >= 0.6 is 0 Å². The van der Waals surface area contributed by atoms with Gasteiger partial charge >= 0.3 is 0 Å². The Balaban J connectivity index is 1.35. The molecule has 6 rings (SSSR count). The van der Waals surface area contributed by atoms with Crippen LogP contribution in [0.3, 0.4) is 0 Å². The third-order valence-electron chi connectivity index (χ3n) is 8.49. The van der Waals surface area contributed by atoms with Crippen molar-refractivity contribution in [3.63, 3.8) is 0 Å². The molecule has 0 bridgehead atoms. The molecule has 46 heavy (non-hydrogen) atoms. The molecule has 0 aromatic heterocycles. The minimum atomic E-state index is -3.63. The lowest BCUT2D eigenvalue weighted by molar-refractivity contribution is 0.416. The van der Waals surface area contributed by atoms with Crippen molar-refractivity contribution in [2.75, 3.05) is 7.11 Å². The maximum Gasteiger partial charge on any atom is 0.206 e. The van der Waals surface area contributed by atoms with E-state index >= 15 is 0 Å². The summed E-state index contributed by atoms with van der Waals surface area (Å²) in [4.78, 5) is 0.488. The Bertz CT molecular complexity index is 2070. The number of hydrogen-bond donors (Lipinski definition) is 0. The molecule has 0 saturated heterocycles. The highest BCUT2D eigenvalue weighted by molar-refractivity contribution is 7.91. The average molecular weight is 625 g/mol. The van der Waals surface area contributed by atoms with Crippen LogP contribution < -0.4 is 9.47 Å². The molecule has 0 atom stereocenters. The molecule has 0 spiro atoms. The number of aryl methyl sites for hydroxylation is 1. The molecule has 0 unspecified atom stereocenters. The molecule has 230 valence electrons. The molecule has 4 nitrogen and oxygen atoms in total. The Hall–Kier alpha value is -5.13. The summed E-state index contributed by atoms with van der Waals surface area (Å²) in [7, 11) is -1.93. The van der Waals surface area contributed by atoms with Gasteiger partial charge in [-0.25, -0.2) is 8.42 Å². The second kappa shape index (κ2) is 12.7. The minimum absolute atomic E-state index is 0.221. The van der Waals surface area contributed by atoms with Crippen LogP contribution in [0.2, 0.25) is 0 Å². The third-order valence-corrected chi connectivity index (χ3v) is 10.3. The zero-order valence-electron chi connectivity index (χ0n) is 26.4. The number of rotatable bonds is 9. The fourth-order valence-corrected chi connectivity index (χ4v) is 6.89. The highest BCUT2D eigenvalue weighted by Gasteiger charge is 2.26. The summed E-state index contributed by atoms with van der Waals surface area (Å²) >= 11 is 0. The summed E-state index contributed by atoms with van der Waals surface area (Å²) in [5.74, 6) is 2.06. The van der Waals surface area contributed by atoms with Gasteiger partial charge in [-0.3, -0.25) is 0 Å². The molecule has 0 N–H and O–H groups in total. The smallest absolute Gasteiger partial charge is 0.206 e. The van der Waals surface area contributed by atoms with Crippen molar-refractivity contribution >= 4 is 9.84 Å². The van der Waals surface area contributed by atoms with E-state index in [4.69, 9.17) is 9.47 Å². The lowest BCUT2D eigenvalue weighted by Crippen LogP contribution is -2.19. The first kappa shape index (κ1) is 30.9. The highest BCUT2D eigenvalue weighted by atomic mass is 32.2. The Morgan fingerprint density at radius 3 is 1.50 bits per heavy atom. The molecule has 5 heteroatoms. The van der Waals surface area contributed by atoms with Crippen LogP contribution in [0.5, 0.6) is 17.2 Å². The first-order valence-electron chi connectivity index (χ1n) is 15.2. The lowest BCUT2D eigenvalue weighted by atomic mass is 9.76. The zero-order chi connectivity index (χ0) is 32.3. The topological polar surface area (TPSA) is 52.6 Å². The van der Waals surface area contributed by atoms with E-state index in [1.165, 1.54) is 0 Å². The Kier molecular flexibility index (Phi) is 8.53. The van der Waals surface area contributed by atoms with Crippen molar-refractivity contribution in [2.45, 2.75) is 36.0 Å². The lowest BCUT2D eigenvalue weighted by Gasteiger charge is -2.28. The van der Waals surface area contributed by atoms with Gasteiger partial charge in [0.1, 0.15) is 17.2 Å². The highest BCUT2D eigenvalue weighted by Crippen LogP contribution is 2.42. The van der Waals surface area contributed by atoms with Gasteiger partial charge in [-0.1, -0.05) is 104 Å². The predicted molar refractivity (Wildman–Crippen MR) is 186 cm³/mol. The molecule has 0 aliphatic rings. The van der Waals surface area contributed by atoms with Crippen molar-refractivity contribution in [1.29, 1.82) is 0 Å². The molecule has 0 aliphatic carbocycles. The molecular formula is C41H36O4S. The van der Waals surface area contributed by atoms with Crippen molar-refractivity contribution in [3.8, 4) is 39.5 Å². The summed E-state index contributed by atoms with van der Waals surface area (Å²) in [6.45, 7) is 6.38. The number of methoxy groups -OCH3 is 1. The molecule has 0 saturated carbocycles. The van der Waals surface area contributed by atoms with Crippen LogP contribution in [-0.4, -0.2) is 15.5 Å². The van der Waals surface area contributed by atoms with Gasteiger partial charge in [0, 0.05) is 16.5 Å². The molecule has 0 radical (unpaired) electrons. The number of sulfone groups is 1. The fourth-order valence-electron chi connectivity index (χ4n) is 5.63. The van der Waals surface area contributed by atoms with Crippen molar-refractivity contribution in [1.82, 2.24) is 0 Å². The fraction of sp³-hybridized carbons (Fsp3) is 0.122. The first-order chi connectivity index (χ1) is 22.2. The summed E-state index contributed by atoms with van der Waals surface area (Å²) in [5, 5.41) is 0. The van der Waals surface area contributed by atoms with Gasteiger partial charge in [0.05, 0.1) is 16.9 Å². The molecule has 6 aromatic rings. The van der Waals surface area contributed by atoms with Crippen LogP contribution in [0.4, 0.5) is 0 Å². The normalized spacial score (nSPS) is 11.7. The van der Waals surface area contributed by atoms with E-state index < -0.39 is 9.84 Å². The van der Waals surface area contributed by atoms with Gasteiger partial charge in [-0.2, -0.15) is 0 Å². The van der Waals surface area contributed by atoms with E-state index in [9.17, 15) is 8.42 Å². The van der Waals surface area contributed by atoms with Crippen LogP contribution in [0.25, 0.3) is 22.3 Å². The monoisotopic (exact) mass is 624 g/mol. The second-order valence-corrected chi connectivity index (χ2v) is 13.8. The van der Waals surface area contributed by atoms with Crippen molar-refractivity contribution < 1.29 is 17.9 Å². The van der Waals surface area contributed by atoms with E-state index in [2.05, 4.69) is 62.4 Å². The first-order valence-corrected chi connectivity index (χ1v) is 16.7. The van der Waals surface area contributed by atoms with Crippen molar-refractivity contribution in [2.24, 2.45) is 0 Å². The number of benzene rings is 6. The second-order valence-electron chi connectivity index (χ2n) is 11.9. The van der Waals surface area contributed by atoms with Gasteiger partial charge in [0.25, 0.3) is 0 Å². The molecule has 0 heterocycles. The molecule has 0 amide bonds. The van der Waals surface area contributed by atoms with E-state index in [1.54, 1.807) is 55.6 Å². The van der Waals surface area contributed by atoms with Crippen molar-refractivity contribution in [3.05, 3.63) is 162 Å². The standard InChI is InChI=1S/C41H36O4S/c1-29-15-21-35(22-16-29)46(42,43)36-23-19-34(20-24-36)45-40-26-18-33(28-38(40)31-13-9-6-10-14-31)41(2,3)32-17-25-39(44-4)37(27-32)30-11-7-5-8-12-30/h5-28H,1-4H3. The van der Waals surface area contributed by atoms with Crippen LogP contribution in [0.1, 0.15) is 30.5 Å². The maximum absolute atomic E-state index is 13.2. The van der Waals surface area contributed by atoms with E-state index in [1.807, 2.05) is 55.5 Å². The Morgan fingerprint density at radius 2 is 1.00 bits per heavy atom. The molecular weight excluding hydrogens is 589 g/mol. The summed E-state index contributed by atoms with van der Waals surface area (Å²) in [6.07, 6.45) is 0. The minimum Gasteiger partial charge on any atom is -0.496 e. The van der Waals surface area contributed by atoms with Crippen LogP contribution in [0, 0.1) is 6.92 Å². The number of hydrogen-bond acceptors (Lipinski definition) is 4. The zero-order valence-corrected chi connectivity index (χ0v) is 27.2. The Labute approximate surface area is 271 Å². The summed E-state index contributed by atoms with van der Waals surface area (Å²) in [6, 6.07) is 46.6. The van der Waals surface area contributed by atoms with E-state index in [-0.39, 0.29) is 15.2 Å². The average Bonchev–Trinajstić information content (AvgIpc) is 3.09. The molecule has 6 aromatic carbocycles. The van der Waals surface area contributed by atoms with Gasteiger partial charge in [0.2, 0.25) is 9.84 Å². The Morgan fingerprint density at radius 1 is 0.543 bits per heavy atom. The van der Waals surface area contributed by atoms with Gasteiger partial charge in [0.15, 0.2) is 0 Å². The maximum atomic E-state index is 13.2. The van der Waals surface area contributed by atoms with Gasteiger partial charge < -0.3 is 9.47 Å². The van der Waals surface area contributed by atoms with Crippen LogP contribution in [-0.2, 0) is 15.3 Å². The molecule has 0 aliphatic heterocycles. The summed E-state index contributed by atoms with van der Waals surface area (Å²) in [5.41, 5.74) is 7.06. The third kappa shape index (κ3) is 6.19. The van der Waals surface area contributed by atoms with Crippen LogP contribution in [0.15, 0.2) is 155 Å². The van der Waals surface area contributed by atoms with Gasteiger partial charge in [-0.15, -0.1) is 0 Å². The SMILES string of the molecule is COc1ccc(C(C)(C)c2ccc(Oc3ccc(S(=O)(=O)c4ccc(C)cc4)cc3)c(-c3ccccc3)c2)cc1-c1ccccc1. The predicted octanol–water partition coefficient (Wildman–Crippen LogP) is 10.3. The quantitative estimate of drug-likeness (QED) is 0.161. The van der Waals surface area contributed by atoms with E-state index in [0.717, 1.165) is 44.7 Å². The number of ether oxygens (including phenoxy) is 2. The van der Waals surface area contributed by atoms with Gasteiger partial charge in [-0.05, 0) is 89.8 Å².